The molecule has 0 aromatic carbocycles. The van der Waals surface area contributed by atoms with Gasteiger partial charge in [0, 0.05) is 12.0 Å². The molecule has 1 aromatic rings. The summed E-state index contributed by atoms with van der Waals surface area (Å²) < 4.78 is 5.60. The molecular formula is C12H17N3O2. The molecule has 5 nitrogen and oxygen atoms in total. The molecule has 2 heterocycles. The molecule has 0 radical (unpaired) electrons. The van der Waals surface area contributed by atoms with Gasteiger partial charge in [0.1, 0.15) is 12.4 Å². The monoisotopic (exact) mass is 235 g/mol. The Labute approximate surface area is 99.6 Å². The van der Waals surface area contributed by atoms with E-state index >= 15 is 0 Å². The number of nitrogens with one attached hydrogen (secondary N) is 2. The van der Waals surface area contributed by atoms with Gasteiger partial charge < -0.3 is 15.0 Å². The molecule has 2 aliphatic rings. The smallest absolute Gasteiger partial charge is 0.254 e. The van der Waals surface area contributed by atoms with Gasteiger partial charge in [-0.2, -0.15) is 4.98 Å². The fraction of sp³-hybridized carbons (Fsp3) is 0.667. The van der Waals surface area contributed by atoms with E-state index in [2.05, 4.69) is 15.3 Å². The fourth-order valence-corrected chi connectivity index (χ4v) is 2.16. The number of aromatic nitrogens is 2. The molecule has 1 saturated carbocycles. The topological polar surface area (TPSA) is 67.0 Å². The second kappa shape index (κ2) is 4.49. The molecule has 0 bridgehead atoms. The molecule has 3 rings (SSSR count). The molecule has 2 fully saturated rings. The first-order valence-electron chi connectivity index (χ1n) is 6.29. The minimum atomic E-state index is -0.115. The van der Waals surface area contributed by atoms with Crippen LogP contribution in [0.1, 0.15) is 37.4 Å². The lowest BCUT2D eigenvalue weighted by atomic mass is 10.2. The number of H-pyrrole nitrogens is 1. The van der Waals surface area contributed by atoms with Crippen molar-refractivity contribution in [3.05, 3.63) is 22.2 Å². The van der Waals surface area contributed by atoms with Gasteiger partial charge in [0.2, 0.25) is 5.88 Å². The van der Waals surface area contributed by atoms with Gasteiger partial charge in [-0.1, -0.05) is 0 Å². The van der Waals surface area contributed by atoms with Gasteiger partial charge in [-0.15, -0.1) is 0 Å². The van der Waals surface area contributed by atoms with Crippen LogP contribution in [0.3, 0.4) is 0 Å². The minimum absolute atomic E-state index is 0.115. The molecule has 1 unspecified atom stereocenters. The quantitative estimate of drug-likeness (QED) is 0.809. The second-order valence-corrected chi connectivity index (χ2v) is 4.85. The molecule has 0 amide bonds. The van der Waals surface area contributed by atoms with Crippen molar-refractivity contribution in [3.8, 4) is 5.88 Å². The summed E-state index contributed by atoms with van der Waals surface area (Å²) in [5, 5.41) is 3.35. The normalized spacial score (nSPS) is 23.9. The average Bonchev–Trinajstić information content (AvgIpc) is 3.04. The van der Waals surface area contributed by atoms with Crippen LogP contribution in [-0.2, 0) is 0 Å². The van der Waals surface area contributed by atoms with Crippen molar-refractivity contribution in [1.82, 2.24) is 15.3 Å². The Morgan fingerprint density at radius 3 is 3.00 bits per heavy atom. The molecule has 1 aromatic heterocycles. The van der Waals surface area contributed by atoms with Crippen LogP contribution in [-0.4, -0.2) is 29.2 Å². The third kappa shape index (κ3) is 2.66. The first-order chi connectivity index (χ1) is 8.31. The van der Waals surface area contributed by atoms with Crippen molar-refractivity contribution >= 4 is 0 Å². The van der Waals surface area contributed by atoms with Crippen LogP contribution in [0.25, 0.3) is 0 Å². The summed E-state index contributed by atoms with van der Waals surface area (Å²) in [6.07, 6.45) is 4.58. The highest BCUT2D eigenvalue weighted by molar-refractivity contribution is 5.14. The van der Waals surface area contributed by atoms with E-state index in [1.165, 1.54) is 12.5 Å². The van der Waals surface area contributed by atoms with Crippen LogP contribution >= 0.6 is 0 Å². The third-order valence-corrected chi connectivity index (χ3v) is 3.30. The van der Waals surface area contributed by atoms with Crippen molar-refractivity contribution < 1.29 is 4.74 Å². The predicted octanol–water partition coefficient (Wildman–Crippen LogP) is 0.778. The second-order valence-electron chi connectivity index (χ2n) is 4.85. The number of hydrogen-bond acceptors (Lipinski definition) is 4. The summed E-state index contributed by atoms with van der Waals surface area (Å²) in [5.41, 5.74) is -0.115. The largest absolute Gasteiger partial charge is 0.476 e. The van der Waals surface area contributed by atoms with Crippen LogP contribution in [0.15, 0.2) is 10.9 Å². The van der Waals surface area contributed by atoms with E-state index in [4.69, 9.17) is 4.74 Å². The highest BCUT2D eigenvalue weighted by Gasteiger charge is 2.26. The first-order valence-corrected chi connectivity index (χ1v) is 6.29. The van der Waals surface area contributed by atoms with Gasteiger partial charge in [-0.3, -0.25) is 4.79 Å². The lowest BCUT2D eigenvalue weighted by molar-refractivity contribution is 0.266. The lowest BCUT2D eigenvalue weighted by Crippen LogP contribution is -2.28. The maximum atomic E-state index is 11.4. The SMILES string of the molecule is O=c1cc(OCC2CCCN2)nc(C2CC2)[nH]1. The molecule has 2 N–H and O–H groups in total. The number of hydrogen-bond donors (Lipinski definition) is 2. The van der Waals surface area contributed by atoms with E-state index in [1.807, 2.05) is 0 Å². The van der Waals surface area contributed by atoms with Crippen LogP contribution in [0.2, 0.25) is 0 Å². The highest BCUT2D eigenvalue weighted by Crippen LogP contribution is 2.37. The van der Waals surface area contributed by atoms with Crippen molar-refractivity contribution in [2.45, 2.75) is 37.6 Å². The Morgan fingerprint density at radius 1 is 1.41 bits per heavy atom. The molecule has 5 heteroatoms. The first kappa shape index (κ1) is 10.8. The van der Waals surface area contributed by atoms with Gasteiger partial charge in [0.25, 0.3) is 5.56 Å². The summed E-state index contributed by atoms with van der Waals surface area (Å²) in [5.74, 6) is 1.69. The summed E-state index contributed by atoms with van der Waals surface area (Å²) >= 11 is 0. The average molecular weight is 235 g/mol. The van der Waals surface area contributed by atoms with Gasteiger partial charge >= 0.3 is 0 Å². The van der Waals surface area contributed by atoms with E-state index in [0.717, 1.165) is 31.6 Å². The predicted molar refractivity (Wildman–Crippen MR) is 63.4 cm³/mol. The van der Waals surface area contributed by atoms with E-state index in [9.17, 15) is 4.79 Å². The van der Waals surface area contributed by atoms with Gasteiger partial charge in [0.05, 0.1) is 6.07 Å². The van der Waals surface area contributed by atoms with Crippen LogP contribution in [0.5, 0.6) is 5.88 Å². The highest BCUT2D eigenvalue weighted by atomic mass is 16.5. The standard InChI is InChI=1S/C12H17N3O2/c16-10-6-11(15-12(14-10)8-3-4-8)17-7-9-2-1-5-13-9/h6,8-9,13H,1-5,7H2,(H,14,15,16). The maximum absolute atomic E-state index is 11.4. The summed E-state index contributed by atoms with van der Waals surface area (Å²) in [6.45, 7) is 1.66. The van der Waals surface area contributed by atoms with Crippen molar-refractivity contribution in [3.63, 3.8) is 0 Å². The van der Waals surface area contributed by atoms with Crippen molar-refractivity contribution in [1.29, 1.82) is 0 Å². The van der Waals surface area contributed by atoms with E-state index in [-0.39, 0.29) is 5.56 Å². The Morgan fingerprint density at radius 2 is 2.29 bits per heavy atom. The van der Waals surface area contributed by atoms with Gasteiger partial charge in [-0.05, 0) is 32.2 Å². The Bertz CT molecular complexity index is 447. The number of rotatable bonds is 4. The molecule has 1 aliphatic carbocycles. The third-order valence-electron chi connectivity index (χ3n) is 3.30. The zero-order valence-corrected chi connectivity index (χ0v) is 9.74. The molecule has 1 saturated heterocycles. The van der Waals surface area contributed by atoms with Crippen molar-refractivity contribution in [2.75, 3.05) is 13.2 Å². The van der Waals surface area contributed by atoms with E-state index in [1.54, 1.807) is 0 Å². The van der Waals surface area contributed by atoms with Crippen molar-refractivity contribution in [2.24, 2.45) is 0 Å². The molecule has 1 atom stereocenters. The Kier molecular flexibility index (Phi) is 2.84. The summed E-state index contributed by atoms with van der Waals surface area (Å²) in [4.78, 5) is 18.6. The molecule has 0 spiro atoms. The van der Waals surface area contributed by atoms with Crippen LogP contribution in [0, 0.1) is 0 Å². The molecular weight excluding hydrogens is 218 g/mol. The molecule has 92 valence electrons. The number of nitrogens with zero attached hydrogens (tertiary/aromatic N) is 1. The zero-order chi connectivity index (χ0) is 11.7. The maximum Gasteiger partial charge on any atom is 0.254 e. The van der Waals surface area contributed by atoms with E-state index < -0.39 is 0 Å². The molecule has 17 heavy (non-hydrogen) atoms. The van der Waals surface area contributed by atoms with Crippen LogP contribution < -0.4 is 15.6 Å². The summed E-state index contributed by atoms with van der Waals surface area (Å²) in [7, 11) is 0. The van der Waals surface area contributed by atoms with Gasteiger partial charge in [0.15, 0.2) is 0 Å². The fourth-order valence-electron chi connectivity index (χ4n) is 2.16. The summed E-state index contributed by atoms with van der Waals surface area (Å²) in [6, 6.07) is 1.83. The number of ether oxygens (including phenoxy) is 1. The van der Waals surface area contributed by atoms with E-state index in [0.29, 0.717) is 24.4 Å². The van der Waals surface area contributed by atoms with Crippen LogP contribution in [0.4, 0.5) is 0 Å². The lowest BCUT2D eigenvalue weighted by Gasteiger charge is -2.11. The number of aromatic amines is 1. The zero-order valence-electron chi connectivity index (χ0n) is 9.74. The molecule has 1 aliphatic heterocycles. The Balaban J connectivity index is 1.66. The van der Waals surface area contributed by atoms with Gasteiger partial charge in [-0.25, -0.2) is 0 Å². The Hall–Kier alpha value is -1.36. The minimum Gasteiger partial charge on any atom is -0.476 e.